The second-order valence-corrected chi connectivity index (χ2v) is 5.97. The van der Waals surface area contributed by atoms with E-state index in [9.17, 15) is 19.8 Å². The Hall–Kier alpha value is -1.72. The maximum atomic E-state index is 11.7. The van der Waals surface area contributed by atoms with Gasteiger partial charge in [-0.15, -0.1) is 0 Å². The van der Waals surface area contributed by atoms with Gasteiger partial charge in [-0.25, -0.2) is 0 Å². The highest BCUT2D eigenvalue weighted by molar-refractivity contribution is 5.95. The molecule has 1 rings (SSSR count). The highest BCUT2D eigenvalue weighted by Crippen LogP contribution is 2.28. The first-order valence-corrected chi connectivity index (χ1v) is 7.42. The molecule has 0 radical (unpaired) electrons. The molecule has 22 heavy (non-hydrogen) atoms. The number of aliphatic hydroxyl groups excluding tert-OH is 1. The van der Waals surface area contributed by atoms with E-state index >= 15 is 0 Å². The monoisotopic (exact) mass is 308 g/mol. The Kier molecular flexibility index (Phi) is 6.71. The van der Waals surface area contributed by atoms with Gasteiger partial charge in [-0.2, -0.15) is 0 Å². The van der Waals surface area contributed by atoms with E-state index in [4.69, 9.17) is 5.11 Å². The van der Waals surface area contributed by atoms with Gasteiger partial charge >= 0.3 is 5.97 Å². The van der Waals surface area contributed by atoms with Crippen molar-refractivity contribution in [1.82, 2.24) is 0 Å². The summed E-state index contributed by atoms with van der Waals surface area (Å²) in [5.74, 6) is -1.83. The number of carboxylic acid groups (broad SMARTS) is 1. The summed E-state index contributed by atoms with van der Waals surface area (Å²) in [5.41, 5.74) is 0.481. The quantitative estimate of drug-likeness (QED) is 0.606. The molecule has 0 spiro atoms. The number of carboxylic acids is 1. The van der Waals surface area contributed by atoms with Crippen molar-refractivity contribution in [2.75, 3.05) is 0 Å². The van der Waals surface area contributed by atoms with Crippen LogP contribution in [0, 0.1) is 5.92 Å². The molecule has 1 unspecified atom stereocenters. The molecule has 122 valence electrons. The predicted octanol–water partition coefficient (Wildman–Crippen LogP) is 1.93. The van der Waals surface area contributed by atoms with Gasteiger partial charge in [0.15, 0.2) is 0 Å². The molecule has 0 bridgehead atoms. The van der Waals surface area contributed by atoms with Crippen LogP contribution in [0.2, 0.25) is 0 Å². The molecule has 0 aliphatic carbocycles. The van der Waals surface area contributed by atoms with Crippen LogP contribution in [-0.4, -0.2) is 32.7 Å². The third-order valence-corrected chi connectivity index (χ3v) is 4.04. The average molecular weight is 308 g/mol. The summed E-state index contributed by atoms with van der Waals surface area (Å²) >= 11 is 0. The van der Waals surface area contributed by atoms with Crippen LogP contribution in [0.5, 0.6) is 0 Å². The average Bonchev–Trinajstić information content (AvgIpc) is 2.44. The SMILES string of the molecule is CC(C)C(O)(CCc1ccccc1CO)CC(=O)CC(=O)O. The van der Waals surface area contributed by atoms with Gasteiger partial charge in [0.1, 0.15) is 12.2 Å². The molecule has 1 atom stereocenters. The highest BCUT2D eigenvalue weighted by Gasteiger charge is 2.33. The van der Waals surface area contributed by atoms with Crippen LogP contribution in [0.15, 0.2) is 24.3 Å². The Bertz CT molecular complexity index is 524. The second-order valence-electron chi connectivity index (χ2n) is 5.97. The van der Waals surface area contributed by atoms with E-state index in [1.165, 1.54) is 0 Å². The summed E-state index contributed by atoms with van der Waals surface area (Å²) in [4.78, 5) is 22.3. The Morgan fingerprint density at radius 3 is 2.27 bits per heavy atom. The zero-order valence-electron chi connectivity index (χ0n) is 13.1. The minimum atomic E-state index is -1.24. The lowest BCUT2D eigenvalue weighted by Crippen LogP contribution is -2.38. The van der Waals surface area contributed by atoms with E-state index in [0.717, 1.165) is 11.1 Å². The molecule has 5 nitrogen and oxygen atoms in total. The first-order chi connectivity index (χ1) is 10.3. The summed E-state index contributed by atoms with van der Waals surface area (Å²) in [7, 11) is 0. The van der Waals surface area contributed by atoms with Crippen LogP contribution < -0.4 is 0 Å². The molecule has 0 aliphatic rings. The van der Waals surface area contributed by atoms with E-state index in [1.54, 1.807) is 0 Å². The maximum absolute atomic E-state index is 11.7. The lowest BCUT2D eigenvalue weighted by atomic mass is 9.80. The largest absolute Gasteiger partial charge is 0.481 e. The van der Waals surface area contributed by atoms with Crippen molar-refractivity contribution in [2.24, 2.45) is 5.92 Å². The Morgan fingerprint density at radius 1 is 1.18 bits per heavy atom. The number of hydrogen-bond donors (Lipinski definition) is 3. The standard InChI is InChI=1S/C17H24O5/c1-12(2)17(22,10-15(19)9-16(20)21)8-7-13-5-3-4-6-14(13)11-18/h3-6,12,18,22H,7-11H2,1-2H3,(H,20,21). The lowest BCUT2D eigenvalue weighted by molar-refractivity contribution is -0.142. The van der Waals surface area contributed by atoms with Gasteiger partial charge in [-0.05, 0) is 29.9 Å². The number of carbonyl (C=O) groups excluding carboxylic acids is 1. The summed E-state index contributed by atoms with van der Waals surface area (Å²) in [6.07, 6.45) is 0.124. The maximum Gasteiger partial charge on any atom is 0.310 e. The van der Waals surface area contributed by atoms with Gasteiger partial charge in [0.25, 0.3) is 0 Å². The lowest BCUT2D eigenvalue weighted by Gasteiger charge is -2.32. The van der Waals surface area contributed by atoms with Crippen molar-refractivity contribution in [1.29, 1.82) is 0 Å². The number of rotatable bonds is 9. The number of carbonyl (C=O) groups is 2. The van der Waals surface area contributed by atoms with Gasteiger partial charge < -0.3 is 15.3 Å². The zero-order valence-corrected chi connectivity index (χ0v) is 13.1. The van der Waals surface area contributed by atoms with E-state index in [0.29, 0.717) is 12.8 Å². The molecule has 3 N–H and O–H groups in total. The smallest absolute Gasteiger partial charge is 0.310 e. The van der Waals surface area contributed by atoms with Crippen molar-refractivity contribution < 1.29 is 24.9 Å². The molecule has 0 saturated carbocycles. The fourth-order valence-corrected chi connectivity index (χ4v) is 2.46. The molecule has 0 fully saturated rings. The van der Waals surface area contributed by atoms with Crippen LogP contribution >= 0.6 is 0 Å². The highest BCUT2D eigenvalue weighted by atomic mass is 16.4. The second kappa shape index (κ2) is 8.06. The first kappa shape index (κ1) is 18.3. The van der Waals surface area contributed by atoms with E-state index in [2.05, 4.69) is 0 Å². The third kappa shape index (κ3) is 5.24. The number of aliphatic hydroxyl groups is 2. The Morgan fingerprint density at radius 2 is 1.77 bits per heavy atom. The molecule has 0 aliphatic heterocycles. The van der Waals surface area contributed by atoms with Gasteiger partial charge in [-0.3, -0.25) is 9.59 Å². The predicted molar refractivity (Wildman–Crippen MR) is 82.4 cm³/mol. The van der Waals surface area contributed by atoms with Crippen LogP contribution in [0.3, 0.4) is 0 Å². The molecule has 0 aromatic heterocycles. The van der Waals surface area contributed by atoms with Crippen LogP contribution in [-0.2, 0) is 22.6 Å². The van der Waals surface area contributed by atoms with Crippen LogP contribution in [0.1, 0.15) is 44.2 Å². The van der Waals surface area contributed by atoms with Gasteiger partial charge in [0, 0.05) is 6.42 Å². The van der Waals surface area contributed by atoms with Gasteiger partial charge in [0.2, 0.25) is 0 Å². The normalized spacial score (nSPS) is 13.9. The molecular formula is C17H24O5. The summed E-state index contributed by atoms with van der Waals surface area (Å²) in [5, 5.41) is 28.7. The third-order valence-electron chi connectivity index (χ3n) is 4.04. The number of aryl methyl sites for hydroxylation is 1. The molecule has 5 heteroatoms. The topological polar surface area (TPSA) is 94.8 Å². The fraction of sp³-hybridized carbons (Fsp3) is 0.529. The first-order valence-electron chi connectivity index (χ1n) is 7.42. The molecule has 0 heterocycles. The molecular weight excluding hydrogens is 284 g/mol. The number of hydrogen-bond acceptors (Lipinski definition) is 4. The zero-order chi connectivity index (χ0) is 16.8. The van der Waals surface area contributed by atoms with Crippen molar-refractivity contribution >= 4 is 11.8 Å². The minimum Gasteiger partial charge on any atom is -0.481 e. The number of aliphatic carboxylic acids is 1. The number of Topliss-reactive ketones (excluding diaryl/α,β-unsaturated/α-hetero) is 1. The minimum absolute atomic E-state index is 0.0752. The van der Waals surface area contributed by atoms with Gasteiger partial charge in [-0.1, -0.05) is 38.1 Å². The van der Waals surface area contributed by atoms with E-state index < -0.39 is 23.8 Å². The van der Waals surface area contributed by atoms with Crippen molar-refractivity contribution in [3.63, 3.8) is 0 Å². The van der Waals surface area contributed by atoms with E-state index in [1.807, 2.05) is 38.1 Å². The van der Waals surface area contributed by atoms with Crippen molar-refractivity contribution in [3.8, 4) is 0 Å². The molecule has 1 aromatic carbocycles. The fourth-order valence-electron chi connectivity index (χ4n) is 2.46. The van der Waals surface area contributed by atoms with E-state index in [-0.39, 0.29) is 18.9 Å². The van der Waals surface area contributed by atoms with Gasteiger partial charge in [0.05, 0.1) is 12.2 Å². The summed E-state index contributed by atoms with van der Waals surface area (Å²) < 4.78 is 0. The number of ketones is 1. The molecule has 0 saturated heterocycles. The Labute approximate surface area is 130 Å². The van der Waals surface area contributed by atoms with Crippen LogP contribution in [0.25, 0.3) is 0 Å². The Balaban J connectivity index is 2.79. The van der Waals surface area contributed by atoms with Crippen molar-refractivity contribution in [3.05, 3.63) is 35.4 Å². The molecule has 1 aromatic rings. The number of benzene rings is 1. The summed E-state index contributed by atoms with van der Waals surface area (Å²) in [6.45, 7) is 3.55. The molecule has 0 amide bonds. The van der Waals surface area contributed by atoms with Crippen molar-refractivity contribution in [2.45, 2.75) is 51.7 Å². The summed E-state index contributed by atoms with van der Waals surface area (Å²) in [6, 6.07) is 7.39. The van der Waals surface area contributed by atoms with Crippen LogP contribution in [0.4, 0.5) is 0 Å².